The van der Waals surface area contributed by atoms with Gasteiger partial charge in [-0.1, -0.05) is 48.0 Å². The number of hydrogen-bond acceptors (Lipinski definition) is 4. The lowest BCUT2D eigenvalue weighted by Gasteiger charge is -2.34. The molecule has 0 amide bonds. The van der Waals surface area contributed by atoms with Crippen molar-refractivity contribution < 1.29 is 14.7 Å². The fourth-order valence-electron chi connectivity index (χ4n) is 3.99. The average molecular weight is 401 g/mol. The minimum atomic E-state index is -0.420. The van der Waals surface area contributed by atoms with Crippen LogP contribution in [0.15, 0.2) is 54.7 Å². The molecule has 6 heteroatoms. The van der Waals surface area contributed by atoms with Crippen molar-refractivity contribution in [2.45, 2.75) is 37.7 Å². The van der Waals surface area contributed by atoms with E-state index in [2.05, 4.69) is 34.4 Å². The Morgan fingerprint density at radius 3 is 2.79 bits per heavy atom. The third kappa shape index (κ3) is 4.09. The highest BCUT2D eigenvalue weighted by molar-refractivity contribution is 6.35. The zero-order chi connectivity index (χ0) is 19.5. The van der Waals surface area contributed by atoms with Crippen molar-refractivity contribution >= 4 is 22.5 Å². The third-order valence-corrected chi connectivity index (χ3v) is 5.56. The summed E-state index contributed by atoms with van der Waals surface area (Å²) >= 11 is 6.58. The van der Waals surface area contributed by atoms with Gasteiger partial charge in [0.1, 0.15) is 6.23 Å². The van der Waals surface area contributed by atoms with Crippen LogP contribution < -0.4 is 5.48 Å². The van der Waals surface area contributed by atoms with Gasteiger partial charge < -0.3 is 19.2 Å². The van der Waals surface area contributed by atoms with Gasteiger partial charge in [0.05, 0.1) is 29.9 Å². The summed E-state index contributed by atoms with van der Waals surface area (Å²) in [5, 5.41) is 12.2. The van der Waals surface area contributed by atoms with Gasteiger partial charge in [0, 0.05) is 31.0 Å². The summed E-state index contributed by atoms with van der Waals surface area (Å²) in [5.74, 6) is 0. The molecule has 2 heterocycles. The summed E-state index contributed by atoms with van der Waals surface area (Å²) < 4.78 is 8.39. The lowest BCUT2D eigenvalue weighted by molar-refractivity contribution is -0.134. The molecular weight excluding hydrogens is 376 g/mol. The fraction of sp³-hybridized carbons (Fsp3) is 0.364. The first-order valence-electron chi connectivity index (χ1n) is 9.57. The molecule has 0 aliphatic carbocycles. The molecule has 148 valence electrons. The molecular formula is C22H25ClN2O3. The molecule has 2 aromatic carbocycles. The van der Waals surface area contributed by atoms with E-state index in [0.717, 1.165) is 27.9 Å². The Balaban J connectivity index is 1.70. The number of aliphatic hydroxyl groups excluding tert-OH is 1. The van der Waals surface area contributed by atoms with Crippen LogP contribution in [0.1, 0.15) is 30.2 Å². The number of hydroxylamine groups is 1. The molecule has 0 bridgehead atoms. The number of nitrogens with one attached hydrogen (secondary N) is 1. The number of aliphatic hydroxyl groups is 1. The van der Waals surface area contributed by atoms with Crippen LogP contribution in [0.4, 0.5) is 0 Å². The summed E-state index contributed by atoms with van der Waals surface area (Å²) in [7, 11) is 1.58. The minimum absolute atomic E-state index is 0.122. The number of aromatic nitrogens is 1. The van der Waals surface area contributed by atoms with Crippen molar-refractivity contribution in [1.82, 2.24) is 10.0 Å². The molecule has 0 spiro atoms. The van der Waals surface area contributed by atoms with Crippen molar-refractivity contribution in [3.63, 3.8) is 0 Å². The Labute approximate surface area is 169 Å². The highest BCUT2D eigenvalue weighted by atomic mass is 35.5. The van der Waals surface area contributed by atoms with E-state index in [9.17, 15) is 5.11 Å². The van der Waals surface area contributed by atoms with Gasteiger partial charge in [0.15, 0.2) is 0 Å². The van der Waals surface area contributed by atoms with Gasteiger partial charge in [-0.05, 0) is 29.7 Å². The molecule has 3 atom stereocenters. The van der Waals surface area contributed by atoms with Crippen molar-refractivity contribution in [2.24, 2.45) is 0 Å². The summed E-state index contributed by atoms with van der Waals surface area (Å²) in [6.45, 7) is 0.529. The second-order valence-corrected chi connectivity index (χ2v) is 7.66. The molecule has 1 aliphatic heterocycles. The van der Waals surface area contributed by atoms with Crippen LogP contribution in [0, 0.1) is 0 Å². The number of nitrogens with zero attached hydrogens (tertiary/aromatic N) is 1. The summed E-state index contributed by atoms with van der Waals surface area (Å²) in [5.41, 5.74) is 6.24. The van der Waals surface area contributed by atoms with Crippen LogP contribution in [0.3, 0.4) is 0 Å². The van der Waals surface area contributed by atoms with E-state index in [1.165, 1.54) is 5.56 Å². The van der Waals surface area contributed by atoms with Gasteiger partial charge in [-0.2, -0.15) is 0 Å². The molecule has 0 radical (unpaired) electrons. The molecule has 2 N–H and O–H groups in total. The van der Waals surface area contributed by atoms with Crippen LogP contribution >= 0.6 is 11.6 Å². The molecule has 1 aliphatic rings. The number of benzene rings is 2. The Morgan fingerprint density at radius 2 is 2.00 bits per heavy atom. The Bertz CT molecular complexity index is 928. The lowest BCUT2D eigenvalue weighted by atomic mass is 10.0. The maximum atomic E-state index is 10.4. The van der Waals surface area contributed by atoms with Crippen molar-refractivity contribution in [3.05, 3.63) is 70.9 Å². The van der Waals surface area contributed by atoms with Crippen molar-refractivity contribution in [2.75, 3.05) is 13.7 Å². The molecule has 1 saturated heterocycles. The van der Waals surface area contributed by atoms with E-state index in [0.29, 0.717) is 19.4 Å². The number of hydrogen-bond donors (Lipinski definition) is 2. The second kappa shape index (κ2) is 8.64. The van der Waals surface area contributed by atoms with Crippen molar-refractivity contribution in [3.8, 4) is 0 Å². The number of fused-ring (bicyclic) bond motifs is 1. The summed E-state index contributed by atoms with van der Waals surface area (Å²) in [4.78, 5) is 4.94. The van der Waals surface area contributed by atoms with E-state index in [1.807, 2.05) is 30.3 Å². The van der Waals surface area contributed by atoms with E-state index in [4.69, 9.17) is 21.2 Å². The smallest absolute Gasteiger partial charge is 0.136 e. The van der Waals surface area contributed by atoms with Crippen molar-refractivity contribution in [1.29, 1.82) is 0 Å². The molecule has 0 unspecified atom stereocenters. The molecule has 3 aromatic rings. The molecule has 0 saturated carbocycles. The predicted octanol–water partition coefficient (Wildman–Crippen LogP) is 4.08. The van der Waals surface area contributed by atoms with Gasteiger partial charge in [-0.3, -0.25) is 0 Å². The zero-order valence-corrected chi connectivity index (χ0v) is 16.6. The normalized spacial score (nSPS) is 22.6. The van der Waals surface area contributed by atoms with Gasteiger partial charge >= 0.3 is 0 Å². The number of ether oxygens (including phenoxy) is 1. The van der Waals surface area contributed by atoms with E-state index >= 15 is 0 Å². The minimum Gasteiger partial charge on any atom is -0.393 e. The van der Waals surface area contributed by atoms with Gasteiger partial charge in [-0.25, -0.2) is 5.48 Å². The molecule has 4 rings (SSSR count). The fourth-order valence-corrected chi connectivity index (χ4v) is 4.28. The van der Waals surface area contributed by atoms with Crippen LogP contribution in [0.2, 0.25) is 5.02 Å². The highest BCUT2D eigenvalue weighted by Crippen LogP contribution is 2.36. The SMILES string of the molecule is CONC[C@@H]1C[C@H](O)C[C@H](n2cc(Cc3ccccc3)c3c(Cl)cccc32)O1. The maximum absolute atomic E-state index is 10.4. The van der Waals surface area contributed by atoms with Gasteiger partial charge in [0.25, 0.3) is 0 Å². The third-order valence-electron chi connectivity index (χ3n) is 5.25. The number of rotatable bonds is 6. The summed E-state index contributed by atoms with van der Waals surface area (Å²) in [6, 6.07) is 16.3. The predicted molar refractivity (Wildman–Crippen MR) is 110 cm³/mol. The highest BCUT2D eigenvalue weighted by Gasteiger charge is 2.30. The van der Waals surface area contributed by atoms with E-state index in [1.54, 1.807) is 7.11 Å². The van der Waals surface area contributed by atoms with Crippen LogP contribution in [-0.4, -0.2) is 35.5 Å². The molecule has 1 aromatic heterocycles. The Kier molecular flexibility index (Phi) is 5.99. The van der Waals surface area contributed by atoms with Gasteiger partial charge in [0.2, 0.25) is 0 Å². The standard InChI is InChI=1S/C22H25ClN2O3/c1-27-24-13-18-11-17(26)12-21(28-18)25-14-16(10-15-6-3-2-4-7-15)22-19(23)8-5-9-20(22)25/h2-9,14,17-18,21,24,26H,10-13H2,1H3/t17-,18-,21+/m0/s1. The van der Waals surface area contributed by atoms with Crippen LogP contribution in [-0.2, 0) is 16.0 Å². The van der Waals surface area contributed by atoms with Gasteiger partial charge in [-0.15, -0.1) is 0 Å². The van der Waals surface area contributed by atoms with Crippen LogP contribution in [0.5, 0.6) is 0 Å². The first-order valence-corrected chi connectivity index (χ1v) is 9.94. The largest absolute Gasteiger partial charge is 0.393 e. The lowest BCUT2D eigenvalue weighted by Crippen LogP contribution is -2.39. The Morgan fingerprint density at radius 1 is 1.18 bits per heavy atom. The first-order chi connectivity index (χ1) is 13.7. The average Bonchev–Trinajstić information content (AvgIpc) is 3.06. The zero-order valence-electron chi connectivity index (χ0n) is 15.8. The maximum Gasteiger partial charge on any atom is 0.136 e. The molecule has 5 nitrogen and oxygen atoms in total. The van der Waals surface area contributed by atoms with E-state index in [-0.39, 0.29) is 12.3 Å². The van der Waals surface area contributed by atoms with E-state index < -0.39 is 6.10 Å². The second-order valence-electron chi connectivity index (χ2n) is 7.25. The van der Waals surface area contributed by atoms with Crippen LogP contribution in [0.25, 0.3) is 10.9 Å². The monoisotopic (exact) mass is 400 g/mol. The first kappa shape index (κ1) is 19.4. The topological polar surface area (TPSA) is 55.6 Å². The molecule has 1 fully saturated rings. The number of halogens is 1. The Hall–Kier alpha value is -1.89. The molecule has 28 heavy (non-hydrogen) atoms. The summed E-state index contributed by atoms with van der Waals surface area (Å²) in [6.07, 6.45) is 3.25. The quantitative estimate of drug-likeness (QED) is 0.612.